The molecule has 1 amide bonds. The monoisotopic (exact) mass is 443 g/mol. The number of halogens is 2. The Kier molecular flexibility index (Phi) is 5.31. The number of benzene rings is 2. The van der Waals surface area contributed by atoms with Gasteiger partial charge in [0.05, 0.1) is 15.6 Å². The SMILES string of the molecule is CC(C)c1cccc2c1C(=O)N(COc1ccc(Cl)c(C(=O)O)c1Cl)S2(=O)=O. The van der Waals surface area contributed by atoms with Crippen LogP contribution < -0.4 is 4.74 Å². The van der Waals surface area contributed by atoms with E-state index >= 15 is 0 Å². The first-order valence-electron chi connectivity index (χ1n) is 8.11. The Morgan fingerprint density at radius 2 is 1.89 bits per heavy atom. The largest absolute Gasteiger partial charge is 0.478 e. The summed E-state index contributed by atoms with van der Waals surface area (Å²) in [5, 5.41) is 8.81. The Balaban J connectivity index is 1.95. The molecule has 1 aliphatic heterocycles. The molecular weight excluding hydrogens is 429 g/mol. The summed E-state index contributed by atoms with van der Waals surface area (Å²) in [5.74, 6) is -2.23. The molecule has 0 bridgehead atoms. The highest BCUT2D eigenvalue weighted by Gasteiger charge is 2.43. The van der Waals surface area contributed by atoms with Gasteiger partial charge >= 0.3 is 5.97 Å². The van der Waals surface area contributed by atoms with Crippen molar-refractivity contribution in [1.29, 1.82) is 0 Å². The van der Waals surface area contributed by atoms with Gasteiger partial charge in [-0.25, -0.2) is 13.2 Å². The fraction of sp³-hybridized carbons (Fsp3) is 0.222. The van der Waals surface area contributed by atoms with Crippen molar-refractivity contribution in [2.24, 2.45) is 0 Å². The Bertz CT molecular complexity index is 1100. The van der Waals surface area contributed by atoms with Crippen molar-refractivity contribution in [3.05, 3.63) is 57.1 Å². The molecule has 0 fully saturated rings. The number of ether oxygens (including phenoxy) is 1. The fourth-order valence-corrected chi connectivity index (χ4v) is 4.96. The number of aromatic carboxylic acids is 1. The molecule has 10 heteroatoms. The molecule has 1 aliphatic rings. The van der Waals surface area contributed by atoms with E-state index < -0.39 is 28.6 Å². The number of nitrogens with zero attached hydrogens (tertiary/aromatic N) is 1. The molecule has 3 rings (SSSR count). The fourth-order valence-electron chi connectivity index (χ4n) is 2.92. The zero-order valence-electron chi connectivity index (χ0n) is 14.8. The van der Waals surface area contributed by atoms with Crippen LogP contribution in [0.1, 0.15) is 46.0 Å². The van der Waals surface area contributed by atoms with Gasteiger partial charge in [0.25, 0.3) is 15.9 Å². The van der Waals surface area contributed by atoms with Gasteiger partial charge in [-0.05, 0) is 29.7 Å². The first kappa shape index (κ1) is 20.4. The van der Waals surface area contributed by atoms with Crippen LogP contribution in [0.5, 0.6) is 5.75 Å². The maximum atomic E-state index is 12.8. The molecule has 1 heterocycles. The predicted octanol–water partition coefficient (Wildman–Crippen LogP) is 4.00. The molecule has 0 spiro atoms. The summed E-state index contributed by atoms with van der Waals surface area (Å²) in [4.78, 5) is 24.0. The van der Waals surface area contributed by atoms with Gasteiger partial charge in [0, 0.05) is 0 Å². The van der Waals surface area contributed by atoms with E-state index in [0.29, 0.717) is 9.87 Å². The van der Waals surface area contributed by atoms with E-state index in [2.05, 4.69) is 0 Å². The van der Waals surface area contributed by atoms with E-state index in [9.17, 15) is 23.1 Å². The smallest absolute Gasteiger partial charge is 0.338 e. The van der Waals surface area contributed by atoms with Gasteiger partial charge < -0.3 is 9.84 Å². The lowest BCUT2D eigenvalue weighted by molar-refractivity contribution is 0.0693. The van der Waals surface area contributed by atoms with E-state index in [4.69, 9.17) is 27.9 Å². The molecule has 0 saturated carbocycles. The topological polar surface area (TPSA) is 101 Å². The summed E-state index contributed by atoms with van der Waals surface area (Å²) < 4.78 is 31.5. The van der Waals surface area contributed by atoms with Crippen LogP contribution in [0, 0.1) is 0 Å². The predicted molar refractivity (Wildman–Crippen MR) is 103 cm³/mol. The number of carboxylic acids is 1. The van der Waals surface area contributed by atoms with Crippen molar-refractivity contribution in [3.8, 4) is 5.75 Å². The number of hydrogen-bond acceptors (Lipinski definition) is 5. The van der Waals surface area contributed by atoms with Crippen molar-refractivity contribution < 1.29 is 27.9 Å². The molecule has 0 aliphatic carbocycles. The summed E-state index contributed by atoms with van der Waals surface area (Å²) in [6.45, 7) is 3.05. The molecule has 148 valence electrons. The minimum atomic E-state index is -4.10. The molecule has 0 unspecified atom stereocenters. The van der Waals surface area contributed by atoms with Crippen LogP contribution >= 0.6 is 23.2 Å². The number of carbonyl (C=O) groups excluding carboxylic acids is 1. The van der Waals surface area contributed by atoms with Crippen molar-refractivity contribution >= 4 is 45.1 Å². The third kappa shape index (κ3) is 3.21. The minimum absolute atomic E-state index is 0.0567. The Morgan fingerprint density at radius 3 is 2.50 bits per heavy atom. The highest BCUT2D eigenvalue weighted by atomic mass is 35.5. The maximum Gasteiger partial charge on any atom is 0.338 e. The summed E-state index contributed by atoms with van der Waals surface area (Å²) in [5.41, 5.74) is 0.364. The van der Waals surface area contributed by atoms with Crippen LogP contribution in [-0.2, 0) is 10.0 Å². The summed E-state index contributed by atoms with van der Waals surface area (Å²) >= 11 is 11.8. The number of carbonyl (C=O) groups is 2. The highest BCUT2D eigenvalue weighted by molar-refractivity contribution is 7.90. The van der Waals surface area contributed by atoms with Gasteiger partial charge in [-0.3, -0.25) is 4.79 Å². The zero-order valence-corrected chi connectivity index (χ0v) is 17.1. The van der Waals surface area contributed by atoms with Crippen molar-refractivity contribution in [2.75, 3.05) is 6.73 Å². The molecular formula is C18H15Cl2NO6S. The van der Waals surface area contributed by atoms with Crippen LogP contribution in [0.25, 0.3) is 0 Å². The lowest BCUT2D eigenvalue weighted by atomic mass is 9.97. The van der Waals surface area contributed by atoms with E-state index in [0.717, 1.165) is 0 Å². The molecule has 28 heavy (non-hydrogen) atoms. The standard InChI is InChI=1S/C18H15Cl2NO6S/c1-9(2)10-4-3-5-13-14(10)17(22)21(28(13,25)26)8-27-12-7-6-11(19)15(16(12)20)18(23)24/h3-7,9H,8H2,1-2H3,(H,23,24). The van der Waals surface area contributed by atoms with Gasteiger partial charge in [0.1, 0.15) is 16.2 Å². The first-order valence-corrected chi connectivity index (χ1v) is 10.3. The molecule has 2 aromatic carbocycles. The van der Waals surface area contributed by atoms with Crippen molar-refractivity contribution in [3.63, 3.8) is 0 Å². The Hall–Kier alpha value is -2.29. The highest BCUT2D eigenvalue weighted by Crippen LogP contribution is 2.37. The quantitative estimate of drug-likeness (QED) is 0.749. The zero-order chi connectivity index (χ0) is 20.8. The van der Waals surface area contributed by atoms with Crippen LogP contribution in [0.15, 0.2) is 35.2 Å². The van der Waals surface area contributed by atoms with Crippen molar-refractivity contribution in [1.82, 2.24) is 4.31 Å². The second kappa shape index (κ2) is 7.27. The van der Waals surface area contributed by atoms with E-state index in [1.54, 1.807) is 12.1 Å². The molecule has 0 atom stereocenters. The number of fused-ring (bicyclic) bond motifs is 1. The lowest BCUT2D eigenvalue weighted by Crippen LogP contribution is -2.34. The number of amides is 1. The third-order valence-electron chi connectivity index (χ3n) is 4.30. The van der Waals surface area contributed by atoms with E-state index in [-0.39, 0.29) is 37.7 Å². The second-order valence-corrected chi connectivity index (χ2v) is 8.96. The third-order valence-corrected chi connectivity index (χ3v) is 6.73. The molecule has 1 N–H and O–H groups in total. The maximum absolute atomic E-state index is 12.8. The van der Waals surface area contributed by atoms with Gasteiger partial charge in [-0.1, -0.05) is 49.2 Å². The van der Waals surface area contributed by atoms with Crippen LogP contribution in [-0.4, -0.2) is 36.4 Å². The average molecular weight is 444 g/mol. The van der Waals surface area contributed by atoms with Gasteiger partial charge in [-0.15, -0.1) is 0 Å². The Morgan fingerprint density at radius 1 is 1.21 bits per heavy atom. The average Bonchev–Trinajstić information content (AvgIpc) is 2.80. The normalized spacial score (nSPS) is 15.0. The first-order chi connectivity index (χ1) is 13.1. The number of carboxylic acid groups (broad SMARTS) is 1. The molecule has 0 radical (unpaired) electrons. The summed E-state index contributed by atoms with van der Waals surface area (Å²) in [6, 6.07) is 7.22. The molecule has 2 aromatic rings. The summed E-state index contributed by atoms with van der Waals surface area (Å²) in [7, 11) is -4.10. The summed E-state index contributed by atoms with van der Waals surface area (Å²) in [6.07, 6.45) is 0. The van der Waals surface area contributed by atoms with Crippen molar-refractivity contribution in [2.45, 2.75) is 24.7 Å². The van der Waals surface area contributed by atoms with Gasteiger partial charge in [-0.2, -0.15) is 4.31 Å². The van der Waals surface area contributed by atoms with E-state index in [1.165, 1.54) is 18.2 Å². The van der Waals surface area contributed by atoms with Crippen LogP contribution in [0.3, 0.4) is 0 Å². The second-order valence-electron chi connectivity index (χ2n) is 6.35. The van der Waals surface area contributed by atoms with Gasteiger partial charge in [0.2, 0.25) is 0 Å². The van der Waals surface area contributed by atoms with E-state index in [1.807, 2.05) is 13.8 Å². The number of hydrogen-bond donors (Lipinski definition) is 1. The van der Waals surface area contributed by atoms with Crippen LogP contribution in [0.2, 0.25) is 10.0 Å². The molecule has 0 aromatic heterocycles. The molecule has 7 nitrogen and oxygen atoms in total. The Labute approximate surface area is 171 Å². The number of rotatable bonds is 5. The van der Waals surface area contributed by atoms with Crippen LogP contribution in [0.4, 0.5) is 0 Å². The number of sulfonamides is 1. The van der Waals surface area contributed by atoms with Gasteiger partial charge in [0.15, 0.2) is 6.73 Å². The lowest BCUT2D eigenvalue weighted by Gasteiger charge is -2.17. The minimum Gasteiger partial charge on any atom is -0.478 e. The molecule has 0 saturated heterocycles.